The van der Waals surface area contributed by atoms with Crippen molar-refractivity contribution in [1.29, 1.82) is 0 Å². The van der Waals surface area contributed by atoms with Crippen LogP contribution >= 0.6 is 22.6 Å². The lowest BCUT2D eigenvalue weighted by molar-refractivity contribution is 1.03. The summed E-state index contributed by atoms with van der Waals surface area (Å²) in [5, 5.41) is 0. The molecule has 0 atom stereocenters. The zero-order valence-electron chi connectivity index (χ0n) is 17.8. The molecule has 0 unspecified atom stereocenters. The summed E-state index contributed by atoms with van der Waals surface area (Å²) in [5.41, 5.74) is 8.47. The lowest BCUT2D eigenvalue weighted by atomic mass is 10.2. The lowest BCUT2D eigenvalue weighted by Crippen LogP contribution is -2.01. The molecule has 3 aromatic heterocycles. The van der Waals surface area contributed by atoms with Crippen molar-refractivity contribution in [2.75, 3.05) is 0 Å². The summed E-state index contributed by atoms with van der Waals surface area (Å²) < 4.78 is 7.86. The van der Waals surface area contributed by atoms with Crippen LogP contribution in [0.4, 0.5) is 0 Å². The van der Waals surface area contributed by atoms with Crippen molar-refractivity contribution in [3.63, 3.8) is 0 Å². The number of imidazole rings is 2. The van der Waals surface area contributed by atoms with E-state index in [-0.39, 0.29) is 0 Å². The molecular weight excluding hydrogens is 521 g/mol. The molecule has 0 radical (unpaired) electrons. The highest BCUT2D eigenvalue weighted by atomic mass is 127. The van der Waals surface area contributed by atoms with Gasteiger partial charge in [-0.25, -0.2) is 14.5 Å². The van der Waals surface area contributed by atoms with Crippen LogP contribution in [-0.2, 0) is 0 Å². The van der Waals surface area contributed by atoms with Gasteiger partial charge in [-0.2, -0.15) is 0 Å². The Morgan fingerprint density at radius 3 is 1.82 bits per heavy atom. The second kappa shape index (κ2) is 6.92. The van der Waals surface area contributed by atoms with Crippen molar-refractivity contribution in [2.45, 2.75) is 6.92 Å². The Bertz CT molecular complexity index is 1890. The van der Waals surface area contributed by atoms with E-state index in [1.165, 1.54) is 9.13 Å². The minimum atomic E-state index is 0.830. The fraction of sp³-hybridized carbons (Fsp3) is 0.0370. The van der Waals surface area contributed by atoms with Gasteiger partial charge in [-0.15, -0.1) is 0 Å². The monoisotopic (exact) mass is 539 g/mol. The fourth-order valence-electron chi connectivity index (χ4n) is 4.68. The molecule has 0 aliphatic carbocycles. The molecule has 0 fully saturated rings. The van der Waals surface area contributed by atoms with Gasteiger partial charge in [0.2, 0.25) is 11.6 Å². The number of hydrogen-bond acceptors (Lipinski definition) is 2. The smallest absolute Gasteiger partial charge is 0.223 e. The molecule has 0 N–H and O–H groups in total. The predicted molar refractivity (Wildman–Crippen MR) is 142 cm³/mol. The third-order valence-electron chi connectivity index (χ3n) is 6.20. The Hall–Kier alpha value is -3.65. The Labute approximate surface area is 202 Å². The molecule has 0 amide bonds. The molecule has 33 heavy (non-hydrogen) atoms. The first kappa shape index (κ1) is 18.9. The summed E-state index contributed by atoms with van der Waals surface area (Å²) in [6, 6.07) is 31.7. The summed E-state index contributed by atoms with van der Waals surface area (Å²) in [5.74, 6) is 1.66. The van der Waals surface area contributed by atoms with Gasteiger partial charge in [-0.1, -0.05) is 42.0 Å². The Morgan fingerprint density at radius 1 is 0.606 bits per heavy atom. The van der Waals surface area contributed by atoms with E-state index in [1.54, 1.807) is 0 Å². The number of aryl methyl sites for hydroxylation is 1. The first-order valence-electron chi connectivity index (χ1n) is 10.8. The van der Waals surface area contributed by atoms with Crippen LogP contribution in [0.25, 0.3) is 50.3 Å². The van der Waals surface area contributed by atoms with Crippen LogP contribution in [-0.4, -0.2) is 23.3 Å². The SMILES string of the molecule is Cc1ccc(-n2c3nc4ccccc4n3c3ccc(I)cc3n3c4ccccc4nc23)cc1. The normalized spacial score (nSPS) is 11.9. The summed E-state index contributed by atoms with van der Waals surface area (Å²) in [4.78, 5) is 10.2. The van der Waals surface area contributed by atoms with Crippen molar-refractivity contribution >= 4 is 67.2 Å². The van der Waals surface area contributed by atoms with Gasteiger partial charge < -0.3 is 0 Å². The maximum atomic E-state index is 5.12. The third-order valence-corrected chi connectivity index (χ3v) is 6.87. The number of fused-ring (bicyclic) bond motifs is 9. The van der Waals surface area contributed by atoms with E-state index >= 15 is 0 Å². The van der Waals surface area contributed by atoms with E-state index < -0.39 is 0 Å². The molecule has 7 rings (SSSR count). The number of hydrogen-bond donors (Lipinski definition) is 0. The van der Waals surface area contributed by atoms with Crippen LogP contribution in [0.2, 0.25) is 0 Å². The summed E-state index contributed by atoms with van der Waals surface area (Å²) in [7, 11) is 0. The second-order valence-electron chi connectivity index (χ2n) is 8.28. The van der Waals surface area contributed by atoms with Gasteiger partial charge in [0.1, 0.15) is 0 Å². The van der Waals surface area contributed by atoms with E-state index in [9.17, 15) is 0 Å². The van der Waals surface area contributed by atoms with E-state index in [4.69, 9.17) is 9.97 Å². The van der Waals surface area contributed by atoms with Crippen molar-refractivity contribution in [2.24, 2.45) is 0 Å². The van der Waals surface area contributed by atoms with E-state index in [2.05, 4.69) is 122 Å². The molecule has 0 aliphatic rings. The molecule has 158 valence electrons. The first-order valence-corrected chi connectivity index (χ1v) is 11.9. The van der Waals surface area contributed by atoms with Gasteiger partial charge in [0.15, 0.2) is 0 Å². The van der Waals surface area contributed by atoms with Crippen LogP contribution in [0.5, 0.6) is 0 Å². The zero-order valence-corrected chi connectivity index (χ0v) is 19.9. The Balaban J connectivity index is 1.89. The van der Waals surface area contributed by atoms with Gasteiger partial charge in [0, 0.05) is 3.57 Å². The fourth-order valence-corrected chi connectivity index (χ4v) is 5.16. The minimum Gasteiger partial charge on any atom is -0.276 e. The number of halogens is 1. The molecule has 0 bridgehead atoms. The van der Waals surface area contributed by atoms with Crippen LogP contribution in [0.3, 0.4) is 0 Å². The van der Waals surface area contributed by atoms with Gasteiger partial charge >= 0.3 is 0 Å². The number of rotatable bonds is 1. The van der Waals surface area contributed by atoms with E-state index in [1.807, 2.05) is 12.1 Å². The van der Waals surface area contributed by atoms with Crippen LogP contribution < -0.4 is 0 Å². The molecule has 4 aromatic carbocycles. The van der Waals surface area contributed by atoms with Crippen molar-refractivity contribution < 1.29 is 0 Å². The van der Waals surface area contributed by atoms with Gasteiger partial charge in [-0.3, -0.25) is 8.80 Å². The Morgan fingerprint density at radius 2 is 1.18 bits per heavy atom. The predicted octanol–water partition coefficient (Wildman–Crippen LogP) is 6.71. The number of benzene rings is 4. The quantitative estimate of drug-likeness (QED) is 0.218. The van der Waals surface area contributed by atoms with E-state index in [0.717, 1.165) is 50.3 Å². The van der Waals surface area contributed by atoms with Crippen LogP contribution in [0.1, 0.15) is 5.56 Å². The van der Waals surface area contributed by atoms with Crippen molar-refractivity contribution in [3.05, 3.63) is 100 Å². The topological polar surface area (TPSA) is 39.5 Å². The van der Waals surface area contributed by atoms with Crippen LogP contribution in [0.15, 0.2) is 91.0 Å². The molecule has 7 aromatic rings. The molecule has 3 heterocycles. The maximum absolute atomic E-state index is 5.12. The maximum Gasteiger partial charge on any atom is 0.223 e. The molecule has 0 saturated heterocycles. The van der Waals surface area contributed by atoms with Crippen molar-refractivity contribution in [3.8, 4) is 5.69 Å². The van der Waals surface area contributed by atoms with Gasteiger partial charge in [-0.05, 0) is 84.1 Å². The second-order valence-corrected chi connectivity index (χ2v) is 9.52. The highest BCUT2D eigenvalue weighted by molar-refractivity contribution is 14.1. The molecule has 0 aliphatic heterocycles. The average Bonchev–Trinajstić information content (AvgIpc) is 3.36. The standard InChI is InChI=1S/C27H18IN5/c1-17-10-13-19(14-11-17)31-26-29-20-6-2-4-8-22(20)32(26)24-15-12-18(28)16-25(24)33-23-9-5-3-7-21(23)30-27(31)33/h2-16H,1H3. The number of nitrogens with zero attached hydrogens (tertiary/aromatic N) is 5. The largest absolute Gasteiger partial charge is 0.276 e. The number of para-hydroxylation sites is 4. The minimum absolute atomic E-state index is 0.830. The summed E-state index contributed by atoms with van der Waals surface area (Å²) >= 11 is 2.38. The van der Waals surface area contributed by atoms with Crippen molar-refractivity contribution in [1.82, 2.24) is 23.3 Å². The highest BCUT2D eigenvalue weighted by Gasteiger charge is 2.18. The lowest BCUT2D eigenvalue weighted by Gasteiger charge is -2.07. The molecular formula is C27H18IN5. The summed E-state index contributed by atoms with van der Waals surface area (Å²) in [6.45, 7) is 2.11. The van der Waals surface area contributed by atoms with E-state index in [0.29, 0.717) is 0 Å². The van der Waals surface area contributed by atoms with Gasteiger partial charge in [0.25, 0.3) is 0 Å². The summed E-state index contributed by atoms with van der Waals surface area (Å²) in [6.07, 6.45) is 0. The molecule has 5 nitrogen and oxygen atoms in total. The molecule has 0 spiro atoms. The highest BCUT2D eigenvalue weighted by Crippen LogP contribution is 2.30. The Kier molecular flexibility index (Phi) is 3.96. The van der Waals surface area contributed by atoms with Crippen LogP contribution in [0, 0.1) is 10.5 Å². The third kappa shape index (κ3) is 2.70. The first-order chi connectivity index (χ1) is 16.2. The molecule has 0 saturated carbocycles. The average molecular weight is 539 g/mol. The molecule has 6 heteroatoms. The zero-order chi connectivity index (χ0) is 22.1. The number of aromatic nitrogens is 5. The van der Waals surface area contributed by atoms with Gasteiger partial charge in [0.05, 0.1) is 38.8 Å².